The molecular formula is C19H16ClF3N4O3. The highest BCUT2D eigenvalue weighted by Gasteiger charge is 2.25. The van der Waals surface area contributed by atoms with E-state index in [1.807, 2.05) is 0 Å². The van der Waals surface area contributed by atoms with Gasteiger partial charge in [-0.3, -0.25) is 4.79 Å². The van der Waals surface area contributed by atoms with Gasteiger partial charge in [0.15, 0.2) is 5.65 Å². The summed E-state index contributed by atoms with van der Waals surface area (Å²) in [7, 11) is 0. The van der Waals surface area contributed by atoms with Crippen molar-refractivity contribution in [3.63, 3.8) is 0 Å². The molecule has 3 heterocycles. The molecular weight excluding hydrogens is 425 g/mol. The number of aromatic nitrogens is 3. The van der Waals surface area contributed by atoms with Crippen molar-refractivity contribution < 1.29 is 31.6 Å². The molecule has 0 spiro atoms. The lowest BCUT2D eigenvalue weighted by molar-refractivity contribution is 0.0962. The molecule has 1 aromatic carbocycles. The number of benzene rings is 1. The molecule has 1 saturated heterocycles. The zero-order chi connectivity index (χ0) is 23.9. The van der Waals surface area contributed by atoms with Crippen LogP contribution in [0.5, 0.6) is 5.88 Å². The summed E-state index contributed by atoms with van der Waals surface area (Å²) >= 11 is 6.19. The lowest BCUT2D eigenvalue weighted by atomic mass is 10.00. The van der Waals surface area contributed by atoms with Crippen LogP contribution in [0.2, 0.25) is 5.02 Å². The van der Waals surface area contributed by atoms with E-state index in [4.69, 9.17) is 25.2 Å². The molecule has 1 fully saturated rings. The summed E-state index contributed by atoms with van der Waals surface area (Å²) in [6.45, 7) is -2.02. The molecule has 2 aromatic heterocycles. The number of hydrogen-bond donors (Lipinski definition) is 1. The monoisotopic (exact) mass is 443 g/mol. The van der Waals surface area contributed by atoms with Gasteiger partial charge in [-0.25, -0.2) is 17.7 Å². The molecule has 1 aliphatic rings. The van der Waals surface area contributed by atoms with E-state index >= 15 is 4.39 Å². The molecule has 1 amide bonds. The van der Waals surface area contributed by atoms with Gasteiger partial charge >= 0.3 is 0 Å². The Hall–Kier alpha value is -2.85. The Morgan fingerprint density at radius 1 is 1.47 bits per heavy atom. The summed E-state index contributed by atoms with van der Waals surface area (Å²) < 4.78 is 75.7. The fraction of sp³-hybridized carbons (Fsp3) is 0.316. The Morgan fingerprint density at radius 2 is 2.30 bits per heavy atom. The first-order valence-corrected chi connectivity index (χ1v) is 9.14. The number of alkyl halides is 2. The van der Waals surface area contributed by atoms with Crippen molar-refractivity contribution >= 4 is 23.2 Å². The largest absolute Gasteiger partial charge is 0.471 e. The minimum atomic E-state index is -3.27. The van der Waals surface area contributed by atoms with Crippen LogP contribution in [-0.4, -0.2) is 46.8 Å². The maximum absolute atomic E-state index is 15.0. The average Bonchev–Trinajstić information content (AvgIpc) is 3.37. The fourth-order valence-electron chi connectivity index (χ4n) is 3.12. The standard InChI is InChI=1S/C19H16ClF3N4O3/c1-24-18(28)9-4-11(15(21)12(5-9)16(22)23)13-6-25-27-7-14(20)19(26-17(13)27)30-10-2-3-29-8-10/h4-7,10,16H,2-3,8H2,1H3,(H,24,28)/t10-/m0/s1/i1D3. The summed E-state index contributed by atoms with van der Waals surface area (Å²) in [6, 6.07) is 1.57. The smallest absolute Gasteiger partial charge is 0.266 e. The van der Waals surface area contributed by atoms with Gasteiger partial charge in [-0.05, 0) is 12.1 Å². The summed E-state index contributed by atoms with van der Waals surface area (Å²) in [6.07, 6.45) is -0.425. The van der Waals surface area contributed by atoms with E-state index in [0.29, 0.717) is 25.7 Å². The van der Waals surface area contributed by atoms with Gasteiger partial charge in [-0.1, -0.05) is 11.6 Å². The number of ether oxygens (including phenoxy) is 2. The van der Waals surface area contributed by atoms with Crippen LogP contribution >= 0.6 is 11.6 Å². The lowest BCUT2D eigenvalue weighted by Crippen LogP contribution is -2.18. The Morgan fingerprint density at radius 3 is 3.00 bits per heavy atom. The van der Waals surface area contributed by atoms with Crippen LogP contribution in [0.25, 0.3) is 16.8 Å². The Kier molecular flexibility index (Phi) is 4.57. The Labute approximate surface area is 178 Å². The highest BCUT2D eigenvalue weighted by Crippen LogP contribution is 2.35. The molecule has 30 heavy (non-hydrogen) atoms. The number of hydrogen-bond acceptors (Lipinski definition) is 5. The molecule has 4 rings (SSSR count). The SMILES string of the molecule is [2H]C([2H])([2H])NC(=O)c1cc(-c2cnn3cc(Cl)c(O[C@H]4CCOC4)nc23)c(F)c(C(F)F)c1. The van der Waals surface area contributed by atoms with Crippen molar-refractivity contribution in [1.82, 2.24) is 19.9 Å². The lowest BCUT2D eigenvalue weighted by Gasteiger charge is -2.13. The Balaban J connectivity index is 1.83. The summed E-state index contributed by atoms with van der Waals surface area (Å²) in [5, 5.41) is 5.83. The predicted octanol–water partition coefficient (Wildman–Crippen LogP) is 3.65. The van der Waals surface area contributed by atoms with Crippen LogP contribution in [-0.2, 0) is 4.74 Å². The Bertz CT molecular complexity index is 1220. The third-order valence-corrected chi connectivity index (χ3v) is 4.84. The van der Waals surface area contributed by atoms with Gasteiger partial charge < -0.3 is 14.8 Å². The van der Waals surface area contributed by atoms with Crippen molar-refractivity contribution in [2.45, 2.75) is 19.0 Å². The first kappa shape index (κ1) is 16.9. The van der Waals surface area contributed by atoms with E-state index in [2.05, 4.69) is 10.1 Å². The van der Waals surface area contributed by atoms with E-state index in [0.717, 1.165) is 6.07 Å². The first-order valence-electron chi connectivity index (χ1n) is 10.3. The number of nitrogens with one attached hydrogen (secondary N) is 1. The van der Waals surface area contributed by atoms with Crippen LogP contribution < -0.4 is 10.1 Å². The molecule has 158 valence electrons. The molecule has 0 radical (unpaired) electrons. The third-order valence-electron chi connectivity index (χ3n) is 4.58. The summed E-state index contributed by atoms with van der Waals surface area (Å²) in [5.74, 6) is -2.45. The molecule has 1 atom stereocenters. The predicted molar refractivity (Wildman–Crippen MR) is 102 cm³/mol. The average molecular weight is 444 g/mol. The second-order valence-corrected chi connectivity index (χ2v) is 6.91. The van der Waals surface area contributed by atoms with Gasteiger partial charge in [-0.15, -0.1) is 0 Å². The highest BCUT2D eigenvalue weighted by molar-refractivity contribution is 6.31. The summed E-state index contributed by atoms with van der Waals surface area (Å²) in [4.78, 5) is 16.6. The van der Waals surface area contributed by atoms with E-state index in [1.54, 1.807) is 5.32 Å². The van der Waals surface area contributed by atoms with Gasteiger partial charge in [-0.2, -0.15) is 10.1 Å². The van der Waals surface area contributed by atoms with Crippen LogP contribution in [0.15, 0.2) is 24.5 Å². The second kappa shape index (κ2) is 8.11. The highest BCUT2D eigenvalue weighted by atomic mass is 35.5. The molecule has 1 aliphatic heterocycles. The molecule has 7 nitrogen and oxygen atoms in total. The number of nitrogens with zero attached hydrogens (tertiary/aromatic N) is 3. The molecule has 1 N–H and O–H groups in total. The topological polar surface area (TPSA) is 77.8 Å². The molecule has 0 saturated carbocycles. The number of carbonyl (C=O) groups excluding carboxylic acids is 1. The van der Waals surface area contributed by atoms with E-state index in [1.165, 1.54) is 16.9 Å². The second-order valence-electron chi connectivity index (χ2n) is 6.51. The number of carbonyl (C=O) groups is 1. The number of amides is 1. The van der Waals surface area contributed by atoms with Crippen LogP contribution in [0.3, 0.4) is 0 Å². The zero-order valence-electron chi connectivity index (χ0n) is 18.2. The maximum atomic E-state index is 15.0. The number of fused-ring (bicyclic) bond motifs is 1. The van der Waals surface area contributed by atoms with Crippen LogP contribution in [0.4, 0.5) is 13.2 Å². The van der Waals surface area contributed by atoms with Crippen LogP contribution in [0.1, 0.15) is 32.9 Å². The van der Waals surface area contributed by atoms with Crippen LogP contribution in [0, 0.1) is 5.82 Å². The van der Waals surface area contributed by atoms with Crippen molar-refractivity contribution in [3.8, 4) is 17.0 Å². The van der Waals surface area contributed by atoms with Gasteiger partial charge in [0.2, 0.25) is 5.88 Å². The minimum Gasteiger partial charge on any atom is -0.471 e. The molecule has 3 aromatic rings. The van der Waals surface area contributed by atoms with Gasteiger partial charge in [0, 0.05) is 34.2 Å². The van der Waals surface area contributed by atoms with Gasteiger partial charge in [0.25, 0.3) is 12.3 Å². The third kappa shape index (κ3) is 3.68. The van der Waals surface area contributed by atoms with Crippen molar-refractivity contribution in [3.05, 3.63) is 46.5 Å². The van der Waals surface area contributed by atoms with Gasteiger partial charge in [0.1, 0.15) is 16.9 Å². The fourth-order valence-corrected chi connectivity index (χ4v) is 3.29. The number of halogens is 4. The molecule has 0 aliphatic carbocycles. The first-order chi connectivity index (χ1) is 15.5. The van der Waals surface area contributed by atoms with E-state index < -0.39 is 41.8 Å². The molecule has 0 unspecified atom stereocenters. The zero-order valence-corrected chi connectivity index (χ0v) is 15.9. The van der Waals surface area contributed by atoms with E-state index in [9.17, 15) is 13.6 Å². The van der Waals surface area contributed by atoms with Crippen molar-refractivity contribution in [2.24, 2.45) is 0 Å². The van der Waals surface area contributed by atoms with Crippen molar-refractivity contribution in [2.75, 3.05) is 20.2 Å². The van der Waals surface area contributed by atoms with Crippen molar-refractivity contribution in [1.29, 1.82) is 0 Å². The normalized spacial score (nSPS) is 18.3. The molecule has 11 heteroatoms. The minimum absolute atomic E-state index is 0.0206. The van der Waals surface area contributed by atoms with E-state index in [-0.39, 0.29) is 28.2 Å². The summed E-state index contributed by atoms with van der Waals surface area (Å²) in [5.41, 5.74) is -1.95. The maximum Gasteiger partial charge on any atom is 0.266 e. The number of rotatable bonds is 5. The van der Waals surface area contributed by atoms with Gasteiger partial charge in [0.05, 0.1) is 31.2 Å². The quantitative estimate of drug-likeness (QED) is 0.651. The molecule has 0 bridgehead atoms.